The molecule has 1 saturated heterocycles. The molecule has 0 N–H and O–H groups in total. The maximum absolute atomic E-state index is 6.26. The van der Waals surface area contributed by atoms with Gasteiger partial charge in [0.2, 0.25) is 17.7 Å². The van der Waals surface area contributed by atoms with Crippen LogP contribution in [0.5, 0.6) is 5.75 Å². The van der Waals surface area contributed by atoms with Gasteiger partial charge in [-0.25, -0.2) is 0 Å². The van der Waals surface area contributed by atoms with Crippen molar-refractivity contribution in [1.29, 1.82) is 0 Å². The van der Waals surface area contributed by atoms with Crippen LogP contribution in [-0.2, 0) is 5.75 Å². The first kappa shape index (κ1) is 20.8. The Balaban J connectivity index is 1.39. The van der Waals surface area contributed by atoms with Gasteiger partial charge in [-0.1, -0.05) is 46.7 Å². The number of ether oxygens (including phenoxy) is 1. The Bertz CT molecular complexity index is 1220. The van der Waals surface area contributed by atoms with E-state index in [9.17, 15) is 0 Å². The standard InChI is InChI=1S/C22H21ClN6O2S/c1-30-18-9-4-6-15(12-18)20-24-19(31-27-20)14-32-22-26-25-21(28-10-2-3-11-28)29(22)17-8-5-7-16(23)13-17/h4-9,12-13H,2-3,10-11,14H2,1H3. The Hall–Kier alpha value is -3.04. The van der Waals surface area contributed by atoms with Gasteiger partial charge in [-0.3, -0.25) is 4.57 Å². The van der Waals surface area contributed by atoms with Gasteiger partial charge in [0.15, 0.2) is 5.16 Å². The number of anilines is 1. The van der Waals surface area contributed by atoms with Crippen molar-refractivity contribution >= 4 is 29.3 Å². The molecule has 4 aromatic rings. The Labute approximate surface area is 194 Å². The maximum Gasteiger partial charge on any atom is 0.237 e. The van der Waals surface area contributed by atoms with Gasteiger partial charge in [-0.05, 0) is 43.2 Å². The summed E-state index contributed by atoms with van der Waals surface area (Å²) in [6.45, 7) is 1.94. The minimum Gasteiger partial charge on any atom is -0.497 e. The van der Waals surface area contributed by atoms with Crippen molar-refractivity contribution in [2.45, 2.75) is 23.8 Å². The van der Waals surface area contributed by atoms with E-state index < -0.39 is 0 Å². The van der Waals surface area contributed by atoms with E-state index in [1.165, 1.54) is 11.8 Å². The lowest BCUT2D eigenvalue weighted by Gasteiger charge is -2.18. The number of methoxy groups -OCH3 is 1. The molecule has 0 atom stereocenters. The maximum atomic E-state index is 6.26. The number of thioether (sulfide) groups is 1. The molecule has 164 valence electrons. The third kappa shape index (κ3) is 4.31. The van der Waals surface area contributed by atoms with Gasteiger partial charge in [0, 0.05) is 23.7 Å². The highest BCUT2D eigenvalue weighted by atomic mass is 35.5. The number of benzene rings is 2. The third-order valence-electron chi connectivity index (χ3n) is 5.19. The Morgan fingerprint density at radius 2 is 1.94 bits per heavy atom. The first-order valence-corrected chi connectivity index (χ1v) is 11.6. The van der Waals surface area contributed by atoms with Crippen LogP contribution in [0, 0.1) is 0 Å². The van der Waals surface area contributed by atoms with Crippen LogP contribution < -0.4 is 9.64 Å². The summed E-state index contributed by atoms with van der Waals surface area (Å²) in [6, 6.07) is 15.3. The van der Waals surface area contributed by atoms with Crippen LogP contribution >= 0.6 is 23.4 Å². The zero-order valence-corrected chi connectivity index (χ0v) is 19.0. The highest BCUT2D eigenvalue weighted by Crippen LogP contribution is 2.31. The second-order valence-corrected chi connectivity index (χ2v) is 8.70. The van der Waals surface area contributed by atoms with Crippen molar-refractivity contribution in [2.24, 2.45) is 0 Å². The smallest absolute Gasteiger partial charge is 0.237 e. The van der Waals surface area contributed by atoms with Crippen molar-refractivity contribution in [3.05, 3.63) is 59.4 Å². The molecule has 0 unspecified atom stereocenters. The molecule has 0 saturated carbocycles. The molecule has 5 rings (SSSR count). The van der Waals surface area contributed by atoms with Gasteiger partial charge in [0.1, 0.15) is 5.75 Å². The molecule has 2 aromatic heterocycles. The molecule has 1 aliphatic rings. The second-order valence-electron chi connectivity index (χ2n) is 7.32. The number of hydrogen-bond donors (Lipinski definition) is 0. The lowest BCUT2D eigenvalue weighted by atomic mass is 10.2. The summed E-state index contributed by atoms with van der Waals surface area (Å²) in [5.41, 5.74) is 1.76. The zero-order valence-electron chi connectivity index (χ0n) is 17.4. The summed E-state index contributed by atoms with van der Waals surface area (Å²) in [5, 5.41) is 14.5. The Morgan fingerprint density at radius 3 is 2.75 bits per heavy atom. The molecular formula is C22H21ClN6O2S. The van der Waals surface area contributed by atoms with E-state index in [4.69, 9.17) is 20.9 Å². The third-order valence-corrected chi connectivity index (χ3v) is 6.34. The first-order valence-electron chi connectivity index (χ1n) is 10.3. The molecule has 32 heavy (non-hydrogen) atoms. The number of rotatable bonds is 7. The molecule has 1 aliphatic heterocycles. The Kier molecular flexibility index (Phi) is 6.00. The molecule has 8 nitrogen and oxygen atoms in total. The summed E-state index contributed by atoms with van der Waals surface area (Å²) in [4.78, 5) is 6.78. The van der Waals surface area contributed by atoms with E-state index in [2.05, 4.69) is 25.2 Å². The summed E-state index contributed by atoms with van der Waals surface area (Å²) in [5.74, 6) is 3.07. The number of hydrogen-bond acceptors (Lipinski definition) is 8. The van der Waals surface area contributed by atoms with Gasteiger partial charge in [0.05, 0.1) is 18.6 Å². The van der Waals surface area contributed by atoms with Crippen LogP contribution in [0.25, 0.3) is 17.1 Å². The van der Waals surface area contributed by atoms with Crippen LogP contribution in [0.3, 0.4) is 0 Å². The molecule has 3 heterocycles. The van der Waals surface area contributed by atoms with E-state index in [0.29, 0.717) is 22.5 Å². The van der Waals surface area contributed by atoms with E-state index in [1.54, 1.807) is 7.11 Å². The van der Waals surface area contributed by atoms with Gasteiger partial charge in [0.25, 0.3) is 0 Å². The number of nitrogens with zero attached hydrogens (tertiary/aromatic N) is 6. The summed E-state index contributed by atoms with van der Waals surface area (Å²) < 4.78 is 12.8. The van der Waals surface area contributed by atoms with Gasteiger partial charge in [-0.15, -0.1) is 10.2 Å². The normalized spacial score (nSPS) is 13.6. The highest BCUT2D eigenvalue weighted by molar-refractivity contribution is 7.98. The quantitative estimate of drug-likeness (QED) is 0.355. The predicted octanol–water partition coefficient (Wildman–Crippen LogP) is 4.87. The van der Waals surface area contributed by atoms with Crippen LogP contribution in [0.15, 0.2) is 58.2 Å². The fourth-order valence-electron chi connectivity index (χ4n) is 3.64. The minimum absolute atomic E-state index is 0.468. The largest absolute Gasteiger partial charge is 0.497 e. The fraction of sp³-hybridized carbons (Fsp3) is 0.273. The van der Waals surface area contributed by atoms with Crippen LogP contribution in [0.1, 0.15) is 18.7 Å². The Morgan fingerprint density at radius 1 is 1.09 bits per heavy atom. The van der Waals surface area contributed by atoms with Gasteiger partial charge >= 0.3 is 0 Å². The molecule has 0 bridgehead atoms. The molecule has 0 aliphatic carbocycles. The molecule has 10 heteroatoms. The van der Waals surface area contributed by atoms with E-state index in [-0.39, 0.29) is 0 Å². The van der Waals surface area contributed by atoms with Crippen molar-refractivity contribution in [3.8, 4) is 22.8 Å². The summed E-state index contributed by atoms with van der Waals surface area (Å²) in [7, 11) is 1.63. The van der Waals surface area contributed by atoms with E-state index in [1.807, 2.05) is 53.1 Å². The van der Waals surface area contributed by atoms with Gasteiger partial charge in [-0.2, -0.15) is 4.98 Å². The van der Waals surface area contributed by atoms with Crippen molar-refractivity contribution < 1.29 is 9.26 Å². The number of aromatic nitrogens is 5. The van der Waals surface area contributed by atoms with Crippen molar-refractivity contribution in [2.75, 3.05) is 25.1 Å². The zero-order chi connectivity index (χ0) is 21.9. The van der Waals surface area contributed by atoms with Crippen LogP contribution in [0.2, 0.25) is 5.02 Å². The highest BCUT2D eigenvalue weighted by Gasteiger charge is 2.23. The average molecular weight is 469 g/mol. The fourth-order valence-corrected chi connectivity index (χ4v) is 4.61. The minimum atomic E-state index is 0.468. The molecule has 0 spiro atoms. The van der Waals surface area contributed by atoms with Crippen LogP contribution in [0.4, 0.5) is 5.95 Å². The summed E-state index contributed by atoms with van der Waals surface area (Å²) in [6.07, 6.45) is 2.31. The monoisotopic (exact) mass is 468 g/mol. The number of halogens is 1. The molecule has 0 amide bonds. The average Bonchev–Trinajstić information content (AvgIpc) is 3.58. The molecule has 1 fully saturated rings. The second kappa shape index (κ2) is 9.22. The van der Waals surface area contributed by atoms with Crippen molar-refractivity contribution in [1.82, 2.24) is 24.9 Å². The first-order chi connectivity index (χ1) is 15.7. The van der Waals surface area contributed by atoms with E-state index >= 15 is 0 Å². The molecule has 2 aromatic carbocycles. The van der Waals surface area contributed by atoms with Crippen molar-refractivity contribution in [3.63, 3.8) is 0 Å². The molecular weight excluding hydrogens is 448 g/mol. The van der Waals surface area contributed by atoms with E-state index in [0.717, 1.165) is 54.0 Å². The van der Waals surface area contributed by atoms with Crippen LogP contribution in [-0.4, -0.2) is 45.1 Å². The predicted molar refractivity (Wildman–Crippen MR) is 124 cm³/mol. The lowest BCUT2D eigenvalue weighted by molar-refractivity contribution is 0.391. The summed E-state index contributed by atoms with van der Waals surface area (Å²) >= 11 is 7.76. The lowest BCUT2D eigenvalue weighted by Crippen LogP contribution is -2.22. The SMILES string of the molecule is COc1cccc(-c2noc(CSc3nnc(N4CCCC4)n3-c3cccc(Cl)c3)n2)c1. The topological polar surface area (TPSA) is 82.1 Å². The van der Waals surface area contributed by atoms with Gasteiger partial charge < -0.3 is 14.2 Å². The molecule has 0 radical (unpaired) electrons.